The van der Waals surface area contributed by atoms with Gasteiger partial charge in [0.1, 0.15) is 5.69 Å². The summed E-state index contributed by atoms with van der Waals surface area (Å²) in [6, 6.07) is 10.7. The Morgan fingerprint density at radius 3 is 2.38 bits per heavy atom. The Balaban J connectivity index is 1.86. The van der Waals surface area contributed by atoms with Crippen molar-refractivity contribution in [3.8, 4) is 0 Å². The van der Waals surface area contributed by atoms with E-state index in [1.54, 1.807) is 6.07 Å². The number of pyridine rings is 1. The molecule has 0 spiro atoms. The predicted octanol–water partition coefficient (Wildman–Crippen LogP) is 3.20. The molecule has 1 aromatic carbocycles. The molecule has 1 atom stereocenters. The van der Waals surface area contributed by atoms with Gasteiger partial charge in [0.05, 0.1) is 11.6 Å². The molecule has 5 nitrogen and oxygen atoms in total. The van der Waals surface area contributed by atoms with Gasteiger partial charge in [-0.3, -0.25) is 14.6 Å². The standard InChI is InChI=1S/C18H18ClN3O2/c1-11(12-2-5-14(19)6-3-12)22(15-7-8-15)18(24)16-9-4-13(10-21-16)17(20)23/h2-6,9-11,15H,7-8H2,1H3,(H2,20,23)/t11-/m1/s1. The Morgan fingerprint density at radius 1 is 1.21 bits per heavy atom. The summed E-state index contributed by atoms with van der Waals surface area (Å²) in [5.74, 6) is -0.703. The summed E-state index contributed by atoms with van der Waals surface area (Å²) in [6.07, 6.45) is 3.32. The van der Waals surface area contributed by atoms with E-state index >= 15 is 0 Å². The zero-order valence-corrected chi connectivity index (χ0v) is 14.0. The van der Waals surface area contributed by atoms with Crippen molar-refractivity contribution >= 4 is 23.4 Å². The van der Waals surface area contributed by atoms with Crippen LogP contribution in [0.3, 0.4) is 0 Å². The molecule has 0 aliphatic heterocycles. The van der Waals surface area contributed by atoms with Gasteiger partial charge in [-0.15, -0.1) is 0 Å². The van der Waals surface area contributed by atoms with Crippen molar-refractivity contribution in [2.24, 2.45) is 5.73 Å². The zero-order chi connectivity index (χ0) is 17.3. The maximum atomic E-state index is 12.9. The fourth-order valence-electron chi connectivity index (χ4n) is 2.71. The van der Waals surface area contributed by atoms with Crippen molar-refractivity contribution < 1.29 is 9.59 Å². The van der Waals surface area contributed by atoms with Crippen molar-refractivity contribution in [1.82, 2.24) is 9.88 Å². The monoisotopic (exact) mass is 343 g/mol. The maximum Gasteiger partial charge on any atom is 0.273 e. The lowest BCUT2D eigenvalue weighted by Crippen LogP contribution is -2.36. The number of rotatable bonds is 5. The van der Waals surface area contributed by atoms with Crippen LogP contribution in [0.4, 0.5) is 0 Å². The number of aromatic nitrogens is 1. The molecule has 124 valence electrons. The molecule has 6 heteroatoms. The van der Waals surface area contributed by atoms with Crippen molar-refractivity contribution in [1.29, 1.82) is 0 Å². The normalized spacial score (nSPS) is 14.9. The number of carbonyl (C=O) groups is 2. The number of hydrogen-bond acceptors (Lipinski definition) is 3. The third kappa shape index (κ3) is 3.41. The molecule has 2 N–H and O–H groups in total. The number of nitrogens with zero attached hydrogens (tertiary/aromatic N) is 2. The average molecular weight is 344 g/mol. The van der Waals surface area contributed by atoms with Crippen molar-refractivity contribution in [2.75, 3.05) is 0 Å². The highest BCUT2D eigenvalue weighted by atomic mass is 35.5. The van der Waals surface area contributed by atoms with Crippen LogP contribution in [-0.4, -0.2) is 27.7 Å². The number of nitrogens with two attached hydrogens (primary N) is 1. The number of benzene rings is 1. The second-order valence-electron chi connectivity index (χ2n) is 5.97. The minimum Gasteiger partial charge on any atom is -0.366 e. The Bertz CT molecular complexity index is 755. The highest BCUT2D eigenvalue weighted by Crippen LogP contribution is 2.35. The van der Waals surface area contributed by atoms with Crippen LogP contribution in [0.25, 0.3) is 0 Å². The van der Waals surface area contributed by atoms with Crippen LogP contribution < -0.4 is 5.73 Å². The van der Waals surface area contributed by atoms with Crippen molar-refractivity contribution in [3.05, 3.63) is 64.4 Å². The molecule has 2 aromatic rings. The van der Waals surface area contributed by atoms with Gasteiger partial charge in [-0.05, 0) is 49.6 Å². The lowest BCUT2D eigenvalue weighted by atomic mass is 10.1. The summed E-state index contributed by atoms with van der Waals surface area (Å²) in [4.78, 5) is 30.0. The van der Waals surface area contributed by atoms with Gasteiger partial charge in [0.2, 0.25) is 5.91 Å². The molecule has 1 aromatic heterocycles. The van der Waals surface area contributed by atoms with Crippen molar-refractivity contribution in [3.63, 3.8) is 0 Å². The molecule has 1 fully saturated rings. The second-order valence-corrected chi connectivity index (χ2v) is 6.40. The highest BCUT2D eigenvalue weighted by Gasteiger charge is 2.37. The molecule has 1 saturated carbocycles. The zero-order valence-electron chi connectivity index (χ0n) is 13.3. The molecule has 0 radical (unpaired) electrons. The molecule has 1 aliphatic rings. The molecular formula is C18H18ClN3O2. The third-order valence-corrected chi connectivity index (χ3v) is 4.46. The van der Waals surface area contributed by atoms with Crippen LogP contribution in [0.15, 0.2) is 42.6 Å². The largest absolute Gasteiger partial charge is 0.366 e. The SMILES string of the molecule is C[C@H](c1ccc(Cl)cc1)N(C(=O)c1ccc(C(N)=O)cn1)C1CC1. The topological polar surface area (TPSA) is 76.3 Å². The number of amides is 2. The van der Waals surface area contributed by atoms with E-state index in [1.807, 2.05) is 36.1 Å². The van der Waals surface area contributed by atoms with E-state index in [1.165, 1.54) is 12.3 Å². The summed E-state index contributed by atoms with van der Waals surface area (Å²) in [5, 5.41) is 0.666. The van der Waals surface area contributed by atoms with Crippen molar-refractivity contribution in [2.45, 2.75) is 31.8 Å². The Kier molecular flexibility index (Phi) is 4.53. The summed E-state index contributed by atoms with van der Waals surface area (Å²) < 4.78 is 0. The predicted molar refractivity (Wildman–Crippen MR) is 91.8 cm³/mol. The molecule has 0 saturated heterocycles. The Morgan fingerprint density at radius 2 is 1.88 bits per heavy atom. The minimum absolute atomic E-state index is 0.0834. The Labute approximate surface area is 145 Å². The molecule has 1 aliphatic carbocycles. The van der Waals surface area contributed by atoms with Gasteiger partial charge in [0.25, 0.3) is 5.91 Å². The van der Waals surface area contributed by atoms with Crippen LogP contribution >= 0.6 is 11.6 Å². The van der Waals surface area contributed by atoms with Gasteiger partial charge in [-0.25, -0.2) is 0 Å². The first kappa shape index (κ1) is 16.5. The van der Waals surface area contributed by atoms with E-state index in [0.717, 1.165) is 18.4 Å². The first-order chi connectivity index (χ1) is 11.5. The fourth-order valence-corrected chi connectivity index (χ4v) is 2.84. The van der Waals surface area contributed by atoms with Gasteiger partial charge in [-0.1, -0.05) is 23.7 Å². The Hall–Kier alpha value is -2.40. The van der Waals surface area contributed by atoms with Gasteiger partial charge in [0, 0.05) is 17.3 Å². The summed E-state index contributed by atoms with van der Waals surface area (Å²) in [5.41, 5.74) is 6.83. The van der Waals surface area contributed by atoms with Crippen LogP contribution in [0.2, 0.25) is 5.02 Å². The summed E-state index contributed by atoms with van der Waals surface area (Å²) in [7, 11) is 0. The van der Waals surface area contributed by atoms with Gasteiger partial charge in [-0.2, -0.15) is 0 Å². The van der Waals surface area contributed by atoms with Crippen LogP contribution in [-0.2, 0) is 0 Å². The number of primary amides is 1. The van der Waals surface area contributed by atoms with Crippen LogP contribution in [0, 0.1) is 0 Å². The van der Waals surface area contributed by atoms with Gasteiger partial charge in [0.15, 0.2) is 0 Å². The van der Waals surface area contributed by atoms with Gasteiger partial charge < -0.3 is 10.6 Å². The number of hydrogen-bond donors (Lipinski definition) is 1. The van der Waals surface area contributed by atoms with E-state index in [0.29, 0.717) is 10.7 Å². The smallest absolute Gasteiger partial charge is 0.273 e. The van der Waals surface area contributed by atoms with E-state index in [-0.39, 0.29) is 23.6 Å². The summed E-state index contributed by atoms with van der Waals surface area (Å²) >= 11 is 5.94. The first-order valence-electron chi connectivity index (χ1n) is 7.81. The second kappa shape index (κ2) is 6.61. The fraction of sp³-hybridized carbons (Fsp3) is 0.278. The molecule has 3 rings (SSSR count). The van der Waals surface area contributed by atoms with E-state index in [2.05, 4.69) is 4.98 Å². The number of carbonyl (C=O) groups excluding carboxylic acids is 2. The van der Waals surface area contributed by atoms with Crippen LogP contribution in [0.5, 0.6) is 0 Å². The summed E-state index contributed by atoms with van der Waals surface area (Å²) in [6.45, 7) is 2.00. The average Bonchev–Trinajstić information content (AvgIpc) is 3.40. The molecule has 24 heavy (non-hydrogen) atoms. The molecule has 1 heterocycles. The maximum absolute atomic E-state index is 12.9. The molecule has 0 bridgehead atoms. The first-order valence-corrected chi connectivity index (χ1v) is 8.19. The molecular weight excluding hydrogens is 326 g/mol. The quantitative estimate of drug-likeness (QED) is 0.905. The third-order valence-electron chi connectivity index (χ3n) is 4.21. The highest BCUT2D eigenvalue weighted by molar-refractivity contribution is 6.30. The van der Waals surface area contributed by atoms with E-state index < -0.39 is 5.91 Å². The van der Waals surface area contributed by atoms with E-state index in [4.69, 9.17) is 17.3 Å². The minimum atomic E-state index is -0.560. The molecule has 2 amide bonds. The van der Waals surface area contributed by atoms with Gasteiger partial charge >= 0.3 is 0 Å². The lowest BCUT2D eigenvalue weighted by Gasteiger charge is -2.29. The lowest BCUT2D eigenvalue weighted by molar-refractivity contribution is 0.0667. The van der Waals surface area contributed by atoms with Crippen LogP contribution in [0.1, 0.15) is 52.2 Å². The number of halogens is 1. The molecule has 0 unspecified atom stereocenters. The van der Waals surface area contributed by atoms with E-state index in [9.17, 15) is 9.59 Å².